The lowest BCUT2D eigenvalue weighted by molar-refractivity contribution is -0.122. The van der Waals surface area contributed by atoms with Crippen LogP contribution < -0.4 is 0 Å². The van der Waals surface area contributed by atoms with E-state index in [-0.39, 0.29) is 23.9 Å². The molecule has 2 aliphatic rings. The number of esters is 1. The van der Waals surface area contributed by atoms with Gasteiger partial charge in [-0.25, -0.2) is 4.79 Å². The van der Waals surface area contributed by atoms with Gasteiger partial charge in [-0.15, -0.1) is 0 Å². The maximum absolute atomic E-state index is 11.9. The Bertz CT molecular complexity index is 452. The molecule has 0 amide bonds. The van der Waals surface area contributed by atoms with Gasteiger partial charge >= 0.3 is 5.97 Å². The number of fused-ring (bicyclic) bond motifs is 2. The van der Waals surface area contributed by atoms with Crippen molar-refractivity contribution in [1.82, 2.24) is 0 Å². The highest BCUT2D eigenvalue weighted by atomic mass is 16.5. The molecular formula is C14H14O3. The molecule has 17 heavy (non-hydrogen) atoms. The van der Waals surface area contributed by atoms with Crippen LogP contribution in [-0.2, 0) is 9.53 Å². The summed E-state index contributed by atoms with van der Waals surface area (Å²) >= 11 is 0. The minimum atomic E-state index is -0.309. The maximum Gasteiger partial charge on any atom is 0.338 e. The molecular weight excluding hydrogens is 216 g/mol. The van der Waals surface area contributed by atoms with Crippen molar-refractivity contribution >= 4 is 11.8 Å². The number of rotatable bonds is 2. The first-order valence-electron chi connectivity index (χ1n) is 6.05. The van der Waals surface area contributed by atoms with E-state index >= 15 is 0 Å². The van der Waals surface area contributed by atoms with Crippen LogP contribution in [0.5, 0.6) is 0 Å². The third kappa shape index (κ3) is 1.75. The molecule has 3 nitrogen and oxygen atoms in total. The Morgan fingerprint density at radius 1 is 1.18 bits per heavy atom. The van der Waals surface area contributed by atoms with Crippen LogP contribution in [0.4, 0.5) is 0 Å². The van der Waals surface area contributed by atoms with Gasteiger partial charge in [0, 0.05) is 5.92 Å². The number of carbonyl (C=O) groups is 2. The summed E-state index contributed by atoms with van der Waals surface area (Å²) in [6.45, 7) is 0. The average molecular weight is 230 g/mol. The fourth-order valence-electron chi connectivity index (χ4n) is 2.93. The Morgan fingerprint density at radius 3 is 2.53 bits per heavy atom. The van der Waals surface area contributed by atoms with Crippen LogP contribution >= 0.6 is 0 Å². The van der Waals surface area contributed by atoms with Crippen molar-refractivity contribution in [1.29, 1.82) is 0 Å². The van der Waals surface area contributed by atoms with Crippen LogP contribution in [0.25, 0.3) is 0 Å². The van der Waals surface area contributed by atoms with E-state index in [9.17, 15) is 9.59 Å². The molecule has 0 aliphatic heterocycles. The standard InChI is InChI=1S/C14H14O3/c15-13-10-6-7-11(13)12(8-10)17-14(16)9-4-2-1-3-5-9/h1-5,10-12H,6-8H2/t10-,11+,12+/m1/s1. The third-order valence-corrected chi connectivity index (χ3v) is 3.83. The van der Waals surface area contributed by atoms with Gasteiger partial charge < -0.3 is 4.74 Å². The summed E-state index contributed by atoms with van der Waals surface area (Å²) in [5.41, 5.74) is 0.558. The van der Waals surface area contributed by atoms with E-state index in [0.29, 0.717) is 11.3 Å². The first kappa shape index (κ1) is 10.5. The number of carbonyl (C=O) groups excluding carboxylic acids is 2. The van der Waals surface area contributed by atoms with Crippen molar-refractivity contribution in [3.05, 3.63) is 35.9 Å². The first-order chi connectivity index (χ1) is 8.25. The highest BCUT2D eigenvalue weighted by molar-refractivity contribution is 5.91. The van der Waals surface area contributed by atoms with Gasteiger partial charge in [0.05, 0.1) is 11.5 Å². The molecule has 0 spiro atoms. The highest BCUT2D eigenvalue weighted by Crippen LogP contribution is 2.43. The molecule has 3 rings (SSSR count). The van der Waals surface area contributed by atoms with Gasteiger partial charge in [-0.2, -0.15) is 0 Å². The summed E-state index contributed by atoms with van der Waals surface area (Å²) < 4.78 is 5.44. The second-order valence-electron chi connectivity index (χ2n) is 4.83. The van der Waals surface area contributed by atoms with Crippen molar-refractivity contribution in [3.8, 4) is 0 Å². The van der Waals surface area contributed by atoms with Crippen molar-refractivity contribution < 1.29 is 14.3 Å². The molecule has 2 saturated carbocycles. The zero-order valence-corrected chi connectivity index (χ0v) is 9.46. The quantitative estimate of drug-likeness (QED) is 0.731. The molecule has 1 aromatic rings. The molecule has 2 fully saturated rings. The van der Waals surface area contributed by atoms with E-state index in [0.717, 1.165) is 19.3 Å². The first-order valence-corrected chi connectivity index (χ1v) is 6.05. The van der Waals surface area contributed by atoms with Crippen LogP contribution in [0.2, 0.25) is 0 Å². The smallest absolute Gasteiger partial charge is 0.338 e. The van der Waals surface area contributed by atoms with Gasteiger partial charge in [0.15, 0.2) is 0 Å². The molecule has 0 N–H and O–H groups in total. The lowest BCUT2D eigenvalue weighted by Gasteiger charge is -2.20. The van der Waals surface area contributed by atoms with Gasteiger partial charge in [-0.1, -0.05) is 18.2 Å². The summed E-state index contributed by atoms with van der Waals surface area (Å²) in [7, 11) is 0. The van der Waals surface area contributed by atoms with E-state index in [4.69, 9.17) is 4.74 Å². The number of Topliss-reactive ketones (excluding diaryl/α,β-unsaturated/α-hetero) is 1. The van der Waals surface area contributed by atoms with Crippen molar-refractivity contribution in [2.45, 2.75) is 25.4 Å². The zero-order valence-electron chi connectivity index (χ0n) is 9.46. The summed E-state index contributed by atoms with van der Waals surface area (Å²) in [6, 6.07) is 8.94. The lowest BCUT2D eigenvalue weighted by Crippen LogP contribution is -2.25. The summed E-state index contributed by atoms with van der Waals surface area (Å²) in [5.74, 6) is 0.105. The van der Waals surface area contributed by atoms with Crippen LogP contribution in [0.3, 0.4) is 0 Å². The fourth-order valence-corrected chi connectivity index (χ4v) is 2.93. The molecule has 2 bridgehead atoms. The minimum Gasteiger partial charge on any atom is -0.458 e. The van der Waals surface area contributed by atoms with Gasteiger partial charge in [0.2, 0.25) is 0 Å². The average Bonchev–Trinajstić information content (AvgIpc) is 2.86. The molecule has 3 atom stereocenters. The normalized spacial score (nSPS) is 30.6. The number of hydrogen-bond donors (Lipinski definition) is 0. The summed E-state index contributed by atoms with van der Waals surface area (Å²) in [6.07, 6.45) is 2.40. The summed E-state index contributed by atoms with van der Waals surface area (Å²) in [5, 5.41) is 0. The van der Waals surface area contributed by atoms with Gasteiger partial charge in [0.1, 0.15) is 11.9 Å². The van der Waals surface area contributed by atoms with Crippen LogP contribution in [0, 0.1) is 11.8 Å². The number of ketones is 1. The van der Waals surface area contributed by atoms with Crippen molar-refractivity contribution in [3.63, 3.8) is 0 Å². The minimum absolute atomic E-state index is 0.0346. The molecule has 0 unspecified atom stereocenters. The monoisotopic (exact) mass is 230 g/mol. The third-order valence-electron chi connectivity index (χ3n) is 3.83. The second-order valence-corrected chi connectivity index (χ2v) is 4.83. The molecule has 0 heterocycles. The topological polar surface area (TPSA) is 43.4 Å². The SMILES string of the molecule is O=C(O[C@H]1C[C@H]2CC[C@@H]1C2=O)c1ccccc1. The van der Waals surface area contributed by atoms with Crippen LogP contribution in [0.15, 0.2) is 30.3 Å². The molecule has 0 radical (unpaired) electrons. The van der Waals surface area contributed by atoms with E-state index in [1.54, 1.807) is 12.1 Å². The molecule has 2 aliphatic carbocycles. The molecule has 88 valence electrons. The Balaban J connectivity index is 1.69. The maximum atomic E-state index is 11.9. The summed E-state index contributed by atoms with van der Waals surface area (Å²) in [4.78, 5) is 23.6. The fraction of sp³-hybridized carbons (Fsp3) is 0.429. The second kappa shape index (κ2) is 3.99. The van der Waals surface area contributed by atoms with E-state index in [1.165, 1.54) is 0 Å². The number of hydrogen-bond acceptors (Lipinski definition) is 3. The molecule has 0 aromatic heterocycles. The Morgan fingerprint density at radius 2 is 1.94 bits per heavy atom. The Kier molecular flexibility index (Phi) is 2.46. The number of benzene rings is 1. The van der Waals surface area contributed by atoms with Gasteiger partial charge in [0.25, 0.3) is 0 Å². The van der Waals surface area contributed by atoms with E-state index in [2.05, 4.69) is 0 Å². The highest BCUT2D eigenvalue weighted by Gasteiger charge is 2.49. The lowest BCUT2D eigenvalue weighted by atomic mass is 9.98. The van der Waals surface area contributed by atoms with Crippen LogP contribution in [-0.4, -0.2) is 17.9 Å². The van der Waals surface area contributed by atoms with Gasteiger partial charge in [-0.05, 0) is 31.4 Å². The largest absolute Gasteiger partial charge is 0.458 e. The molecule has 3 heteroatoms. The van der Waals surface area contributed by atoms with Gasteiger partial charge in [-0.3, -0.25) is 4.79 Å². The molecule has 1 aromatic carbocycles. The van der Waals surface area contributed by atoms with E-state index in [1.807, 2.05) is 18.2 Å². The van der Waals surface area contributed by atoms with Crippen LogP contribution in [0.1, 0.15) is 29.6 Å². The van der Waals surface area contributed by atoms with Crippen molar-refractivity contribution in [2.24, 2.45) is 11.8 Å². The number of ether oxygens (including phenoxy) is 1. The Hall–Kier alpha value is -1.64. The molecule has 0 saturated heterocycles. The van der Waals surface area contributed by atoms with Crippen molar-refractivity contribution in [2.75, 3.05) is 0 Å². The van der Waals surface area contributed by atoms with E-state index < -0.39 is 0 Å². The zero-order chi connectivity index (χ0) is 11.8. The predicted octanol–water partition coefficient (Wildman–Crippen LogP) is 2.21. The predicted molar refractivity (Wildman–Crippen MR) is 61.5 cm³/mol. The Labute approximate surface area is 99.8 Å².